The van der Waals surface area contributed by atoms with Crippen molar-refractivity contribution in [1.29, 1.82) is 0 Å². The molecular formula is C9H15NSi. The Morgan fingerprint density at radius 3 is 2.09 bits per heavy atom. The summed E-state index contributed by atoms with van der Waals surface area (Å²) >= 11 is 0. The second-order valence-electron chi connectivity index (χ2n) is 3.05. The van der Waals surface area contributed by atoms with Gasteiger partial charge in [0, 0.05) is 0 Å². The predicted octanol–water partition coefficient (Wildman–Crippen LogP) is 0.809. The molecule has 1 aromatic rings. The lowest BCUT2D eigenvalue weighted by Gasteiger charge is -2.17. The molecule has 0 aliphatic carbocycles. The molecular weight excluding hydrogens is 150 g/mol. The van der Waals surface area contributed by atoms with Crippen LogP contribution in [0.3, 0.4) is 0 Å². The van der Waals surface area contributed by atoms with Gasteiger partial charge in [-0.1, -0.05) is 36.9 Å². The molecule has 0 unspecified atom stereocenters. The first-order chi connectivity index (χ1) is 5.22. The van der Waals surface area contributed by atoms with Gasteiger partial charge in [-0.2, -0.15) is 0 Å². The van der Waals surface area contributed by atoms with E-state index in [1.165, 1.54) is 5.19 Å². The summed E-state index contributed by atoms with van der Waals surface area (Å²) in [6.07, 6.45) is 0. The third kappa shape index (κ3) is 2.17. The minimum Gasteiger partial charge on any atom is -0.328 e. The molecule has 60 valence electrons. The van der Waals surface area contributed by atoms with E-state index in [4.69, 9.17) is 0 Å². The number of hydrogen-bond donors (Lipinski definition) is 0. The van der Waals surface area contributed by atoms with Crippen LogP contribution in [0.15, 0.2) is 30.3 Å². The molecule has 0 saturated heterocycles. The van der Waals surface area contributed by atoms with Gasteiger partial charge in [-0.25, -0.2) is 0 Å². The maximum Gasteiger partial charge on any atom is 0.140 e. The van der Waals surface area contributed by atoms with Crippen LogP contribution in [0.5, 0.6) is 0 Å². The average molecular weight is 165 g/mol. The minimum atomic E-state index is -0.800. The summed E-state index contributed by atoms with van der Waals surface area (Å²) in [5.41, 5.74) is 0. The molecule has 0 aromatic heterocycles. The highest BCUT2D eigenvalue weighted by Gasteiger charge is 2.07. The first-order valence-corrected chi connectivity index (χ1v) is 6.18. The molecule has 1 nitrogen and oxygen atoms in total. The predicted molar refractivity (Wildman–Crippen MR) is 52.8 cm³/mol. The summed E-state index contributed by atoms with van der Waals surface area (Å²) in [5.74, 6) is 0. The zero-order valence-electron chi connectivity index (χ0n) is 7.41. The summed E-state index contributed by atoms with van der Waals surface area (Å²) < 4.78 is 2.34. The summed E-state index contributed by atoms with van der Waals surface area (Å²) in [5, 5.41) is 1.51. The third-order valence-electron chi connectivity index (χ3n) is 2.06. The Balaban J connectivity index is 2.77. The van der Waals surface area contributed by atoms with Crippen LogP contribution in [-0.4, -0.2) is 27.6 Å². The molecule has 0 bridgehead atoms. The van der Waals surface area contributed by atoms with Crippen molar-refractivity contribution in [3.63, 3.8) is 0 Å². The third-order valence-corrected chi connectivity index (χ3v) is 4.96. The van der Waals surface area contributed by atoms with E-state index in [0.717, 1.165) is 0 Å². The summed E-state index contributed by atoms with van der Waals surface area (Å²) in [6, 6.07) is 10.7. The van der Waals surface area contributed by atoms with E-state index in [1.54, 1.807) is 0 Å². The number of nitrogens with zero attached hydrogens (tertiary/aromatic N) is 1. The van der Waals surface area contributed by atoms with Crippen LogP contribution < -0.4 is 5.19 Å². The first kappa shape index (κ1) is 8.49. The Kier molecular flexibility index (Phi) is 2.85. The fourth-order valence-corrected chi connectivity index (χ4v) is 2.41. The monoisotopic (exact) mass is 165 g/mol. The van der Waals surface area contributed by atoms with Gasteiger partial charge in [-0.15, -0.1) is 0 Å². The SMILES string of the molecule is CN(C)[Si@@H](C)c1ccccc1. The smallest absolute Gasteiger partial charge is 0.140 e. The number of rotatable bonds is 2. The number of benzene rings is 1. The zero-order valence-corrected chi connectivity index (χ0v) is 8.57. The van der Waals surface area contributed by atoms with E-state index in [-0.39, 0.29) is 0 Å². The van der Waals surface area contributed by atoms with Gasteiger partial charge in [0.25, 0.3) is 0 Å². The molecule has 1 rings (SSSR count). The highest BCUT2D eigenvalue weighted by molar-refractivity contribution is 6.69. The molecule has 0 radical (unpaired) electrons. The minimum absolute atomic E-state index is 0.800. The second kappa shape index (κ2) is 3.69. The van der Waals surface area contributed by atoms with E-state index < -0.39 is 8.96 Å². The molecule has 0 heterocycles. The van der Waals surface area contributed by atoms with Crippen molar-refractivity contribution in [2.24, 2.45) is 0 Å². The molecule has 0 fully saturated rings. The van der Waals surface area contributed by atoms with Gasteiger partial charge < -0.3 is 4.57 Å². The van der Waals surface area contributed by atoms with Crippen molar-refractivity contribution in [3.8, 4) is 0 Å². The maximum absolute atomic E-state index is 2.34. The van der Waals surface area contributed by atoms with Crippen LogP contribution in [0, 0.1) is 0 Å². The van der Waals surface area contributed by atoms with Gasteiger partial charge in [0.2, 0.25) is 0 Å². The molecule has 0 amide bonds. The van der Waals surface area contributed by atoms with Gasteiger partial charge in [0.15, 0.2) is 0 Å². The van der Waals surface area contributed by atoms with Gasteiger partial charge in [0.1, 0.15) is 8.96 Å². The van der Waals surface area contributed by atoms with Crippen molar-refractivity contribution >= 4 is 14.1 Å². The Morgan fingerprint density at radius 1 is 1.09 bits per heavy atom. The molecule has 1 atom stereocenters. The van der Waals surface area contributed by atoms with E-state index in [9.17, 15) is 0 Å². The Bertz CT molecular complexity index is 208. The van der Waals surface area contributed by atoms with Crippen molar-refractivity contribution in [2.45, 2.75) is 6.55 Å². The molecule has 11 heavy (non-hydrogen) atoms. The van der Waals surface area contributed by atoms with Gasteiger partial charge in [-0.05, 0) is 19.3 Å². The lowest BCUT2D eigenvalue weighted by Crippen LogP contribution is -2.40. The van der Waals surface area contributed by atoms with Crippen molar-refractivity contribution in [2.75, 3.05) is 14.1 Å². The van der Waals surface area contributed by atoms with Crippen LogP contribution in [0.25, 0.3) is 0 Å². The van der Waals surface area contributed by atoms with Crippen LogP contribution in [0.1, 0.15) is 0 Å². The normalized spacial score (nSPS) is 13.5. The van der Waals surface area contributed by atoms with Crippen molar-refractivity contribution in [3.05, 3.63) is 30.3 Å². The fourth-order valence-electron chi connectivity index (χ4n) is 1.03. The van der Waals surface area contributed by atoms with E-state index in [0.29, 0.717) is 0 Å². The maximum atomic E-state index is 2.34. The largest absolute Gasteiger partial charge is 0.328 e. The summed E-state index contributed by atoms with van der Waals surface area (Å²) in [7, 11) is 3.51. The van der Waals surface area contributed by atoms with E-state index in [2.05, 4.69) is 55.5 Å². The highest BCUT2D eigenvalue weighted by atomic mass is 28.3. The fraction of sp³-hybridized carbons (Fsp3) is 0.333. The Morgan fingerprint density at radius 2 is 1.64 bits per heavy atom. The molecule has 0 aliphatic heterocycles. The number of hydrogen-bond acceptors (Lipinski definition) is 1. The van der Waals surface area contributed by atoms with Crippen molar-refractivity contribution in [1.82, 2.24) is 4.57 Å². The van der Waals surface area contributed by atoms with Crippen LogP contribution >= 0.6 is 0 Å². The molecule has 1 aromatic carbocycles. The summed E-state index contributed by atoms with van der Waals surface area (Å²) in [6.45, 7) is 2.34. The van der Waals surface area contributed by atoms with E-state index in [1.807, 2.05) is 0 Å². The molecule has 0 spiro atoms. The second-order valence-corrected chi connectivity index (χ2v) is 6.10. The lowest BCUT2D eigenvalue weighted by atomic mass is 10.4. The van der Waals surface area contributed by atoms with Gasteiger partial charge in [-0.3, -0.25) is 0 Å². The van der Waals surface area contributed by atoms with Gasteiger partial charge >= 0.3 is 0 Å². The standard InChI is InChI=1S/C9H15NSi/c1-10(2)11(3)9-7-5-4-6-8-9/h4-8,11H,1-3H3/t11-/m0/s1. The first-order valence-electron chi connectivity index (χ1n) is 3.93. The topological polar surface area (TPSA) is 3.24 Å². The van der Waals surface area contributed by atoms with Crippen molar-refractivity contribution < 1.29 is 0 Å². The molecule has 0 aliphatic rings. The van der Waals surface area contributed by atoms with Gasteiger partial charge in [0.05, 0.1) is 0 Å². The zero-order chi connectivity index (χ0) is 8.27. The summed E-state index contributed by atoms with van der Waals surface area (Å²) in [4.78, 5) is 0. The molecule has 2 heteroatoms. The Hall–Kier alpha value is -0.603. The molecule has 0 saturated carbocycles. The molecule has 0 N–H and O–H groups in total. The average Bonchev–Trinajstić information content (AvgIpc) is 2.05. The lowest BCUT2D eigenvalue weighted by molar-refractivity contribution is 0.653. The Labute approximate surface area is 70.3 Å². The highest BCUT2D eigenvalue weighted by Crippen LogP contribution is 1.90. The van der Waals surface area contributed by atoms with Crippen LogP contribution in [0.2, 0.25) is 6.55 Å². The van der Waals surface area contributed by atoms with Crippen LogP contribution in [0.4, 0.5) is 0 Å². The van der Waals surface area contributed by atoms with E-state index >= 15 is 0 Å². The quantitative estimate of drug-likeness (QED) is 0.586. The van der Waals surface area contributed by atoms with Crippen LogP contribution in [-0.2, 0) is 0 Å².